The van der Waals surface area contributed by atoms with E-state index >= 15 is 0 Å². The summed E-state index contributed by atoms with van der Waals surface area (Å²) in [5.74, 6) is 0.487. The maximum absolute atomic E-state index is 13.2. The molecular formula is C15H24BrFN2. The van der Waals surface area contributed by atoms with Gasteiger partial charge in [-0.15, -0.1) is 0 Å². The molecule has 0 saturated heterocycles. The topological polar surface area (TPSA) is 15.3 Å². The van der Waals surface area contributed by atoms with Crippen LogP contribution in [-0.2, 0) is 6.54 Å². The van der Waals surface area contributed by atoms with Crippen molar-refractivity contribution in [1.29, 1.82) is 0 Å². The van der Waals surface area contributed by atoms with Gasteiger partial charge in [0.25, 0.3) is 0 Å². The summed E-state index contributed by atoms with van der Waals surface area (Å²) < 4.78 is 14.1. The molecule has 0 spiro atoms. The molecule has 0 fully saturated rings. The van der Waals surface area contributed by atoms with E-state index in [1.807, 2.05) is 0 Å². The highest BCUT2D eigenvalue weighted by Gasteiger charge is 2.13. The van der Waals surface area contributed by atoms with Gasteiger partial charge in [0.1, 0.15) is 5.82 Å². The molecular weight excluding hydrogens is 307 g/mol. The van der Waals surface area contributed by atoms with Gasteiger partial charge in [0, 0.05) is 23.6 Å². The van der Waals surface area contributed by atoms with E-state index in [1.165, 1.54) is 6.07 Å². The third-order valence-electron chi connectivity index (χ3n) is 3.18. The van der Waals surface area contributed by atoms with Gasteiger partial charge in [0.15, 0.2) is 0 Å². The largest absolute Gasteiger partial charge is 0.311 e. The summed E-state index contributed by atoms with van der Waals surface area (Å²) in [5.41, 5.74) is 0.960. The van der Waals surface area contributed by atoms with Gasteiger partial charge in [-0.3, -0.25) is 0 Å². The van der Waals surface area contributed by atoms with Crippen LogP contribution in [0.3, 0.4) is 0 Å². The molecule has 0 aliphatic rings. The molecule has 0 saturated carbocycles. The average molecular weight is 331 g/mol. The lowest BCUT2D eigenvalue weighted by Gasteiger charge is -2.26. The predicted octanol–water partition coefficient (Wildman–Crippen LogP) is 3.65. The summed E-state index contributed by atoms with van der Waals surface area (Å²) in [6.07, 6.45) is 1.16. The van der Waals surface area contributed by atoms with E-state index in [1.54, 1.807) is 12.1 Å². The second-order valence-electron chi connectivity index (χ2n) is 5.61. The zero-order valence-corrected chi connectivity index (χ0v) is 13.8. The minimum absolute atomic E-state index is 0.189. The molecule has 1 rings (SSSR count). The average Bonchev–Trinajstić information content (AvgIpc) is 2.31. The fourth-order valence-electron chi connectivity index (χ4n) is 2.07. The SMILES string of the molecule is CC(C)CC(CNCc1cc(F)ccc1Br)N(C)C. The lowest BCUT2D eigenvalue weighted by Crippen LogP contribution is -2.38. The minimum atomic E-state index is -0.189. The zero-order chi connectivity index (χ0) is 14.4. The number of hydrogen-bond acceptors (Lipinski definition) is 2. The van der Waals surface area contributed by atoms with Gasteiger partial charge in [-0.25, -0.2) is 4.39 Å². The summed E-state index contributed by atoms with van der Waals surface area (Å²) in [4.78, 5) is 2.24. The van der Waals surface area contributed by atoms with Gasteiger partial charge in [0.2, 0.25) is 0 Å². The molecule has 0 aromatic heterocycles. The Morgan fingerprint density at radius 1 is 1.32 bits per heavy atom. The summed E-state index contributed by atoms with van der Waals surface area (Å²) in [5, 5.41) is 3.42. The third-order valence-corrected chi connectivity index (χ3v) is 3.95. The highest BCUT2D eigenvalue weighted by Crippen LogP contribution is 2.17. The fraction of sp³-hybridized carbons (Fsp3) is 0.600. The molecule has 0 aliphatic carbocycles. The Kier molecular flexibility index (Phi) is 6.97. The minimum Gasteiger partial charge on any atom is -0.311 e. The molecule has 4 heteroatoms. The van der Waals surface area contributed by atoms with Crippen LogP contribution in [0.15, 0.2) is 22.7 Å². The van der Waals surface area contributed by atoms with Crippen molar-refractivity contribution in [3.63, 3.8) is 0 Å². The Bertz CT molecular complexity index is 394. The van der Waals surface area contributed by atoms with Gasteiger partial charge in [-0.2, -0.15) is 0 Å². The van der Waals surface area contributed by atoms with Gasteiger partial charge in [-0.05, 0) is 50.2 Å². The van der Waals surface area contributed by atoms with Gasteiger partial charge < -0.3 is 10.2 Å². The lowest BCUT2D eigenvalue weighted by atomic mass is 10.0. The molecule has 2 nitrogen and oxygen atoms in total. The quantitative estimate of drug-likeness (QED) is 0.820. The van der Waals surface area contributed by atoms with Crippen LogP contribution < -0.4 is 5.32 Å². The van der Waals surface area contributed by atoms with Crippen LogP contribution in [0.5, 0.6) is 0 Å². The molecule has 1 aromatic rings. The van der Waals surface area contributed by atoms with Crippen LogP contribution in [0.25, 0.3) is 0 Å². The Balaban J connectivity index is 2.49. The zero-order valence-electron chi connectivity index (χ0n) is 12.2. The van der Waals surface area contributed by atoms with E-state index in [4.69, 9.17) is 0 Å². The Morgan fingerprint density at radius 2 is 2.00 bits per heavy atom. The first-order valence-corrected chi connectivity index (χ1v) is 7.50. The van der Waals surface area contributed by atoms with Crippen LogP contribution in [0.2, 0.25) is 0 Å². The van der Waals surface area contributed by atoms with Crippen molar-refractivity contribution >= 4 is 15.9 Å². The number of halogens is 2. The maximum atomic E-state index is 13.2. The van der Waals surface area contributed by atoms with E-state index in [0.29, 0.717) is 18.5 Å². The van der Waals surface area contributed by atoms with Crippen LogP contribution in [0.1, 0.15) is 25.8 Å². The van der Waals surface area contributed by atoms with Crippen LogP contribution in [0.4, 0.5) is 4.39 Å². The van der Waals surface area contributed by atoms with Crippen molar-refractivity contribution in [1.82, 2.24) is 10.2 Å². The summed E-state index contributed by atoms with van der Waals surface area (Å²) in [6, 6.07) is 5.30. The molecule has 1 unspecified atom stereocenters. The number of hydrogen-bond donors (Lipinski definition) is 1. The molecule has 0 amide bonds. The van der Waals surface area contributed by atoms with E-state index < -0.39 is 0 Å². The number of nitrogens with one attached hydrogen (secondary N) is 1. The van der Waals surface area contributed by atoms with Crippen molar-refractivity contribution in [3.05, 3.63) is 34.1 Å². The Morgan fingerprint density at radius 3 is 2.58 bits per heavy atom. The van der Waals surface area contributed by atoms with Crippen LogP contribution in [0, 0.1) is 11.7 Å². The number of nitrogens with zero attached hydrogens (tertiary/aromatic N) is 1. The first-order valence-electron chi connectivity index (χ1n) is 6.71. The second-order valence-corrected chi connectivity index (χ2v) is 6.47. The van der Waals surface area contributed by atoms with Crippen molar-refractivity contribution in [2.24, 2.45) is 5.92 Å². The first kappa shape index (κ1) is 16.6. The smallest absolute Gasteiger partial charge is 0.123 e. The Labute approximate surface area is 124 Å². The van der Waals surface area contributed by atoms with Crippen LogP contribution >= 0.6 is 15.9 Å². The van der Waals surface area contributed by atoms with Gasteiger partial charge in [-0.1, -0.05) is 29.8 Å². The standard InChI is InChI=1S/C15H24BrFN2/c1-11(2)7-14(19(3)4)10-18-9-12-8-13(17)5-6-15(12)16/h5-6,8,11,14,18H,7,9-10H2,1-4H3. The number of benzene rings is 1. The highest BCUT2D eigenvalue weighted by atomic mass is 79.9. The highest BCUT2D eigenvalue weighted by molar-refractivity contribution is 9.10. The number of likely N-dealkylation sites (N-methyl/N-ethyl adjacent to an activating group) is 1. The second kappa shape index (κ2) is 7.98. The molecule has 0 heterocycles. The molecule has 1 aromatic carbocycles. The lowest BCUT2D eigenvalue weighted by molar-refractivity contribution is 0.246. The molecule has 108 valence electrons. The summed E-state index contributed by atoms with van der Waals surface area (Å²) in [6.45, 7) is 6.06. The molecule has 19 heavy (non-hydrogen) atoms. The predicted molar refractivity (Wildman–Crippen MR) is 82.7 cm³/mol. The number of rotatable bonds is 7. The normalized spacial score (nSPS) is 13.3. The molecule has 0 bridgehead atoms. The fourth-order valence-corrected chi connectivity index (χ4v) is 2.46. The van der Waals surface area contributed by atoms with E-state index in [9.17, 15) is 4.39 Å². The Hall–Kier alpha value is -0.450. The summed E-state index contributed by atoms with van der Waals surface area (Å²) in [7, 11) is 4.21. The van der Waals surface area contributed by atoms with Crippen molar-refractivity contribution in [3.8, 4) is 0 Å². The molecule has 0 radical (unpaired) electrons. The molecule has 0 aliphatic heterocycles. The van der Waals surface area contributed by atoms with E-state index in [-0.39, 0.29) is 5.82 Å². The third kappa shape index (κ3) is 6.02. The van der Waals surface area contributed by atoms with E-state index in [0.717, 1.165) is 23.0 Å². The van der Waals surface area contributed by atoms with Gasteiger partial charge in [0.05, 0.1) is 0 Å². The maximum Gasteiger partial charge on any atom is 0.123 e. The monoisotopic (exact) mass is 330 g/mol. The van der Waals surface area contributed by atoms with Crippen molar-refractivity contribution in [2.45, 2.75) is 32.9 Å². The first-order chi connectivity index (χ1) is 8.90. The van der Waals surface area contributed by atoms with Crippen LogP contribution in [-0.4, -0.2) is 31.6 Å². The molecule has 1 atom stereocenters. The summed E-state index contributed by atoms with van der Waals surface area (Å²) >= 11 is 3.45. The van der Waals surface area contributed by atoms with Crippen molar-refractivity contribution < 1.29 is 4.39 Å². The molecule has 1 N–H and O–H groups in total. The van der Waals surface area contributed by atoms with Gasteiger partial charge >= 0.3 is 0 Å². The van der Waals surface area contributed by atoms with E-state index in [2.05, 4.69) is 54.1 Å². The van der Waals surface area contributed by atoms with Crippen molar-refractivity contribution in [2.75, 3.05) is 20.6 Å².